The molecule has 11 heteroatoms. The Morgan fingerprint density at radius 2 is 1.35 bits per heavy atom. The molecule has 11 nitrogen and oxygen atoms in total. The highest BCUT2D eigenvalue weighted by Gasteiger charge is 2.38. The normalized spacial score (nSPS) is 15.7. The molecule has 0 aromatic heterocycles. The Labute approximate surface area is 284 Å². The molecule has 0 saturated carbocycles. The molecule has 4 amide bonds. The first-order chi connectivity index (χ1) is 23.1. The van der Waals surface area contributed by atoms with Gasteiger partial charge in [0.25, 0.3) is 0 Å². The topological polar surface area (TPSA) is 149 Å². The summed E-state index contributed by atoms with van der Waals surface area (Å²) in [6, 6.07) is 16.3. The summed E-state index contributed by atoms with van der Waals surface area (Å²) in [6.07, 6.45) is 2.84. The predicted molar refractivity (Wildman–Crippen MR) is 185 cm³/mol. The van der Waals surface area contributed by atoms with Crippen LogP contribution in [0.3, 0.4) is 0 Å². The van der Waals surface area contributed by atoms with Gasteiger partial charge >= 0.3 is 0 Å². The number of nitrogens with one attached hydrogen (secondary N) is 4. The lowest BCUT2D eigenvalue weighted by atomic mass is 9.97. The van der Waals surface area contributed by atoms with Crippen LogP contribution < -0.4 is 21.3 Å². The molecule has 1 fully saturated rings. The van der Waals surface area contributed by atoms with E-state index in [1.54, 1.807) is 0 Å². The van der Waals surface area contributed by atoms with Crippen molar-refractivity contribution in [2.75, 3.05) is 32.8 Å². The highest BCUT2D eigenvalue weighted by atomic mass is 16.6. The van der Waals surface area contributed by atoms with Gasteiger partial charge in [-0.3, -0.25) is 28.9 Å². The van der Waals surface area contributed by atoms with E-state index in [0.717, 1.165) is 37.1 Å². The van der Waals surface area contributed by atoms with Crippen LogP contribution in [0.4, 0.5) is 0 Å². The van der Waals surface area contributed by atoms with Crippen LogP contribution in [-0.2, 0) is 41.6 Å². The highest BCUT2D eigenvalue weighted by Crippen LogP contribution is 2.17. The fraction of sp³-hybridized carbons (Fsp3) is 0.541. The van der Waals surface area contributed by atoms with Gasteiger partial charge in [0.05, 0.1) is 25.7 Å². The minimum atomic E-state index is -0.990. The van der Waals surface area contributed by atoms with E-state index < -0.39 is 48.5 Å². The molecule has 4 N–H and O–H groups in total. The SMILES string of the molecule is CCCN(CCC)CC(=O)N[C@@H](CCc1ccccc1)C(=O)NCC(=O)N[C@@H](Cc1ccccc1)C(=O)N[C@@H](CC(C)C)C(=O)C1CO1. The van der Waals surface area contributed by atoms with E-state index in [9.17, 15) is 24.0 Å². The number of carbonyl (C=O) groups is 5. The zero-order valence-corrected chi connectivity index (χ0v) is 28.8. The molecule has 0 spiro atoms. The van der Waals surface area contributed by atoms with Crippen LogP contribution in [-0.4, -0.2) is 91.3 Å². The molecule has 1 heterocycles. The van der Waals surface area contributed by atoms with E-state index in [1.165, 1.54) is 0 Å². The zero-order chi connectivity index (χ0) is 34.9. The van der Waals surface area contributed by atoms with Crippen molar-refractivity contribution in [3.63, 3.8) is 0 Å². The van der Waals surface area contributed by atoms with Gasteiger partial charge < -0.3 is 26.0 Å². The molecule has 1 saturated heterocycles. The fourth-order valence-electron chi connectivity index (χ4n) is 5.59. The number of ketones is 1. The van der Waals surface area contributed by atoms with E-state index in [0.29, 0.717) is 25.9 Å². The van der Waals surface area contributed by atoms with Gasteiger partial charge in [0.2, 0.25) is 23.6 Å². The molecule has 48 heavy (non-hydrogen) atoms. The third-order valence-corrected chi connectivity index (χ3v) is 8.04. The Morgan fingerprint density at radius 3 is 1.92 bits per heavy atom. The lowest BCUT2D eigenvalue weighted by Gasteiger charge is -2.24. The van der Waals surface area contributed by atoms with Crippen molar-refractivity contribution >= 4 is 29.4 Å². The van der Waals surface area contributed by atoms with Crippen LogP contribution in [0, 0.1) is 5.92 Å². The predicted octanol–water partition coefficient (Wildman–Crippen LogP) is 2.57. The Balaban J connectivity index is 1.67. The van der Waals surface area contributed by atoms with Gasteiger partial charge in [0, 0.05) is 6.42 Å². The molecule has 262 valence electrons. The second kappa shape index (κ2) is 20.3. The lowest BCUT2D eigenvalue weighted by molar-refractivity contribution is -0.133. The number of benzene rings is 2. The third-order valence-electron chi connectivity index (χ3n) is 8.04. The molecular formula is C37H53N5O6. The summed E-state index contributed by atoms with van der Waals surface area (Å²) in [5.74, 6) is -1.83. The maximum atomic E-state index is 13.5. The minimum absolute atomic E-state index is 0.145. The Morgan fingerprint density at radius 1 is 0.771 bits per heavy atom. The van der Waals surface area contributed by atoms with E-state index >= 15 is 0 Å². The number of hydrogen-bond donors (Lipinski definition) is 4. The lowest BCUT2D eigenvalue weighted by Crippen LogP contribution is -2.55. The van der Waals surface area contributed by atoms with Gasteiger partial charge in [-0.2, -0.15) is 0 Å². The number of rotatable bonds is 22. The van der Waals surface area contributed by atoms with Gasteiger partial charge in [-0.1, -0.05) is 88.4 Å². The van der Waals surface area contributed by atoms with Gasteiger partial charge in [-0.25, -0.2) is 0 Å². The van der Waals surface area contributed by atoms with E-state index in [-0.39, 0.29) is 30.6 Å². The standard InChI is InChI=1S/C37H53N5O6/c1-5-19-42(20-6-2)24-34(44)39-29(18-17-27-13-9-7-10-14-27)36(46)38-23-33(43)40-31(22-28-15-11-8-12-16-28)37(47)41-30(21-26(3)4)35(45)32-25-48-32/h7-16,26,29-32H,5-6,17-25H2,1-4H3,(H,38,46)(H,39,44)(H,40,43)(H,41,47)/t29-,30-,31-,32?/m0/s1. The molecule has 2 aromatic carbocycles. The van der Waals surface area contributed by atoms with Gasteiger partial charge in [-0.05, 0) is 62.2 Å². The van der Waals surface area contributed by atoms with Crippen molar-refractivity contribution in [3.05, 3.63) is 71.8 Å². The number of ether oxygens (including phenoxy) is 1. The van der Waals surface area contributed by atoms with Crippen LogP contribution in [0.1, 0.15) is 64.5 Å². The Bertz CT molecular complexity index is 1310. The van der Waals surface area contributed by atoms with Crippen LogP contribution in [0.15, 0.2) is 60.7 Å². The summed E-state index contributed by atoms with van der Waals surface area (Å²) in [6.45, 7) is 9.74. The number of carbonyl (C=O) groups excluding carboxylic acids is 5. The van der Waals surface area contributed by atoms with Crippen molar-refractivity contribution in [3.8, 4) is 0 Å². The van der Waals surface area contributed by atoms with Crippen molar-refractivity contribution in [1.82, 2.24) is 26.2 Å². The van der Waals surface area contributed by atoms with Crippen molar-refractivity contribution in [1.29, 1.82) is 0 Å². The van der Waals surface area contributed by atoms with Gasteiger partial charge in [0.15, 0.2) is 5.78 Å². The zero-order valence-electron chi connectivity index (χ0n) is 28.8. The Hall–Kier alpha value is -4.09. The number of aryl methyl sites for hydroxylation is 1. The maximum Gasteiger partial charge on any atom is 0.243 e. The van der Waals surface area contributed by atoms with Crippen LogP contribution in [0.2, 0.25) is 0 Å². The number of epoxide rings is 1. The summed E-state index contributed by atoms with van der Waals surface area (Å²) in [7, 11) is 0. The highest BCUT2D eigenvalue weighted by molar-refractivity contribution is 5.96. The summed E-state index contributed by atoms with van der Waals surface area (Å²) in [4.78, 5) is 68.1. The quantitative estimate of drug-likeness (QED) is 0.142. The molecule has 0 aliphatic carbocycles. The molecule has 0 radical (unpaired) electrons. The Kier molecular flexibility index (Phi) is 16.2. The number of Topliss-reactive ketones (excluding diaryl/α,β-unsaturated/α-hetero) is 1. The minimum Gasteiger partial charge on any atom is -0.365 e. The average Bonchev–Trinajstić information content (AvgIpc) is 3.91. The summed E-state index contributed by atoms with van der Waals surface area (Å²) >= 11 is 0. The first kappa shape index (κ1) is 38.4. The maximum absolute atomic E-state index is 13.5. The average molecular weight is 664 g/mol. The molecular weight excluding hydrogens is 610 g/mol. The smallest absolute Gasteiger partial charge is 0.243 e. The van der Waals surface area contributed by atoms with Crippen molar-refractivity contribution in [2.24, 2.45) is 5.92 Å². The van der Waals surface area contributed by atoms with Crippen LogP contribution >= 0.6 is 0 Å². The summed E-state index contributed by atoms with van der Waals surface area (Å²) in [5.41, 5.74) is 1.85. The molecule has 0 bridgehead atoms. The van der Waals surface area contributed by atoms with Crippen molar-refractivity contribution in [2.45, 2.75) is 90.4 Å². The first-order valence-corrected chi connectivity index (χ1v) is 17.2. The van der Waals surface area contributed by atoms with E-state index in [1.807, 2.05) is 74.5 Å². The number of hydrogen-bond acceptors (Lipinski definition) is 7. The van der Waals surface area contributed by atoms with Gasteiger partial charge in [-0.15, -0.1) is 0 Å². The van der Waals surface area contributed by atoms with E-state index in [4.69, 9.17) is 4.74 Å². The van der Waals surface area contributed by atoms with Crippen molar-refractivity contribution < 1.29 is 28.7 Å². The van der Waals surface area contributed by atoms with Crippen LogP contribution in [0.25, 0.3) is 0 Å². The summed E-state index contributed by atoms with van der Waals surface area (Å²) in [5, 5.41) is 11.1. The molecule has 4 atom stereocenters. The number of nitrogens with zero attached hydrogens (tertiary/aromatic N) is 1. The summed E-state index contributed by atoms with van der Waals surface area (Å²) < 4.78 is 5.18. The largest absolute Gasteiger partial charge is 0.365 e. The van der Waals surface area contributed by atoms with Gasteiger partial charge in [0.1, 0.15) is 18.2 Å². The molecule has 1 aliphatic rings. The van der Waals surface area contributed by atoms with Crippen LogP contribution in [0.5, 0.6) is 0 Å². The fourth-order valence-corrected chi connectivity index (χ4v) is 5.59. The second-order valence-corrected chi connectivity index (χ2v) is 12.9. The molecule has 1 aliphatic heterocycles. The van der Waals surface area contributed by atoms with E-state index in [2.05, 4.69) is 40.0 Å². The molecule has 3 rings (SSSR count). The second-order valence-electron chi connectivity index (χ2n) is 12.9. The monoisotopic (exact) mass is 663 g/mol. The first-order valence-electron chi connectivity index (χ1n) is 17.2. The number of amides is 4. The third kappa shape index (κ3) is 13.9. The molecule has 2 aromatic rings. The molecule has 1 unspecified atom stereocenters.